The first-order chi connectivity index (χ1) is 16.3. The van der Waals surface area contributed by atoms with Crippen LogP contribution in [0.1, 0.15) is 25.7 Å². The van der Waals surface area contributed by atoms with E-state index in [1.54, 1.807) is 6.07 Å². The number of amides is 1. The molecule has 3 rings (SSSR count). The maximum atomic E-state index is 12.4. The Hall–Kier alpha value is -3.00. The van der Waals surface area contributed by atoms with E-state index < -0.39 is 34.5 Å². The van der Waals surface area contributed by atoms with Gasteiger partial charge in [-0.15, -0.1) is 0 Å². The van der Waals surface area contributed by atoms with Crippen LogP contribution >= 0.6 is 0 Å². The molecule has 0 saturated heterocycles. The first kappa shape index (κ1) is 25.6. The third-order valence-electron chi connectivity index (χ3n) is 5.23. The van der Waals surface area contributed by atoms with Gasteiger partial charge in [0.1, 0.15) is 24.1 Å². The van der Waals surface area contributed by atoms with Gasteiger partial charge < -0.3 is 20.6 Å². The van der Waals surface area contributed by atoms with Crippen LogP contribution in [0.3, 0.4) is 0 Å². The highest BCUT2D eigenvalue weighted by molar-refractivity contribution is 7.89. The van der Waals surface area contributed by atoms with Crippen molar-refractivity contribution in [2.24, 2.45) is 5.16 Å². The van der Waals surface area contributed by atoms with Gasteiger partial charge in [-0.1, -0.05) is 29.4 Å². The fraction of sp³-hybridized carbons (Fsp3) is 0.476. The zero-order chi connectivity index (χ0) is 24.4. The van der Waals surface area contributed by atoms with E-state index in [2.05, 4.69) is 31.1 Å². The molecule has 186 valence electrons. The number of hydrogen-bond donors (Lipinski definition) is 6. The van der Waals surface area contributed by atoms with Crippen LogP contribution in [0.4, 0.5) is 0 Å². The van der Waals surface area contributed by atoms with E-state index >= 15 is 0 Å². The SMILES string of the molecule is O=C(NCC(NS(=O)(=O)c1ccccc1)C(=O)O)C1=NOC(CCCCNC2NC=CCN2)C1. The van der Waals surface area contributed by atoms with Crippen molar-refractivity contribution < 1.29 is 28.0 Å². The van der Waals surface area contributed by atoms with Crippen LogP contribution in [0.5, 0.6) is 0 Å². The molecule has 2 heterocycles. The molecule has 0 saturated carbocycles. The normalized spacial score (nSPS) is 20.6. The van der Waals surface area contributed by atoms with Gasteiger partial charge in [-0.25, -0.2) is 8.42 Å². The number of carboxylic acid groups (broad SMARTS) is 1. The van der Waals surface area contributed by atoms with Crippen LogP contribution < -0.4 is 26.0 Å². The molecule has 0 fully saturated rings. The Morgan fingerprint density at radius 2 is 2.03 bits per heavy atom. The van der Waals surface area contributed by atoms with Gasteiger partial charge in [0, 0.05) is 19.5 Å². The highest BCUT2D eigenvalue weighted by atomic mass is 32.2. The van der Waals surface area contributed by atoms with Crippen molar-refractivity contribution in [3.8, 4) is 0 Å². The lowest BCUT2D eigenvalue weighted by atomic mass is 10.1. The molecule has 13 heteroatoms. The van der Waals surface area contributed by atoms with Crippen LogP contribution in [0, 0.1) is 0 Å². The smallest absolute Gasteiger partial charge is 0.323 e. The summed E-state index contributed by atoms with van der Waals surface area (Å²) in [6, 6.07) is 5.86. The Labute approximate surface area is 198 Å². The summed E-state index contributed by atoms with van der Waals surface area (Å²) in [6.45, 7) is 1.19. The minimum atomic E-state index is -4.06. The van der Waals surface area contributed by atoms with Crippen molar-refractivity contribution in [1.29, 1.82) is 0 Å². The molecule has 0 radical (unpaired) electrons. The molecule has 6 N–H and O–H groups in total. The Bertz CT molecular complexity index is 1000. The molecular formula is C21H30N6O6S. The topological polar surface area (TPSA) is 170 Å². The molecule has 3 atom stereocenters. The molecule has 0 aromatic heterocycles. The molecule has 1 aromatic carbocycles. The minimum absolute atomic E-state index is 0.0539. The second-order valence-electron chi connectivity index (χ2n) is 7.86. The quantitative estimate of drug-likeness (QED) is 0.197. The van der Waals surface area contributed by atoms with Gasteiger partial charge in [0.15, 0.2) is 0 Å². The molecular weight excluding hydrogens is 464 g/mol. The second-order valence-corrected chi connectivity index (χ2v) is 9.58. The fourth-order valence-electron chi connectivity index (χ4n) is 3.39. The van der Waals surface area contributed by atoms with E-state index in [0.717, 1.165) is 32.4 Å². The van der Waals surface area contributed by atoms with Crippen molar-refractivity contribution in [3.05, 3.63) is 42.6 Å². The van der Waals surface area contributed by atoms with E-state index in [1.165, 1.54) is 24.3 Å². The third-order valence-corrected chi connectivity index (χ3v) is 6.72. The average molecular weight is 495 g/mol. The van der Waals surface area contributed by atoms with Gasteiger partial charge in [0.25, 0.3) is 5.91 Å². The Morgan fingerprint density at radius 1 is 1.24 bits per heavy atom. The summed E-state index contributed by atoms with van der Waals surface area (Å²) in [5.41, 5.74) is 0.153. The molecule has 0 spiro atoms. The Balaban J connectivity index is 1.36. The van der Waals surface area contributed by atoms with Gasteiger partial charge in [-0.05, 0) is 44.1 Å². The van der Waals surface area contributed by atoms with Crippen molar-refractivity contribution >= 4 is 27.6 Å². The summed E-state index contributed by atoms with van der Waals surface area (Å²) in [4.78, 5) is 29.2. The van der Waals surface area contributed by atoms with E-state index in [0.29, 0.717) is 6.42 Å². The largest absolute Gasteiger partial charge is 0.480 e. The number of oxime groups is 1. The number of benzene rings is 1. The van der Waals surface area contributed by atoms with Crippen LogP contribution in [0.2, 0.25) is 0 Å². The minimum Gasteiger partial charge on any atom is -0.480 e. The van der Waals surface area contributed by atoms with Crippen molar-refractivity contribution in [3.63, 3.8) is 0 Å². The fourth-order valence-corrected chi connectivity index (χ4v) is 4.60. The summed E-state index contributed by atoms with van der Waals surface area (Å²) >= 11 is 0. The van der Waals surface area contributed by atoms with Gasteiger partial charge in [0.2, 0.25) is 10.0 Å². The Kier molecular flexibility index (Phi) is 9.39. The second kappa shape index (κ2) is 12.5. The summed E-state index contributed by atoms with van der Waals surface area (Å²) < 4.78 is 26.9. The number of hydrogen-bond acceptors (Lipinski definition) is 9. The summed E-state index contributed by atoms with van der Waals surface area (Å²) in [7, 11) is -4.06. The third kappa shape index (κ3) is 7.80. The number of carbonyl (C=O) groups is 2. The monoisotopic (exact) mass is 494 g/mol. The highest BCUT2D eigenvalue weighted by Crippen LogP contribution is 2.16. The molecule has 0 bridgehead atoms. The van der Waals surface area contributed by atoms with Gasteiger partial charge in [0.05, 0.1) is 4.90 Å². The molecule has 2 aliphatic heterocycles. The van der Waals surface area contributed by atoms with Gasteiger partial charge in [-0.3, -0.25) is 20.2 Å². The van der Waals surface area contributed by atoms with Crippen LogP contribution in [0.15, 0.2) is 52.7 Å². The molecule has 1 amide bonds. The van der Waals surface area contributed by atoms with E-state index in [9.17, 15) is 23.1 Å². The predicted molar refractivity (Wildman–Crippen MR) is 124 cm³/mol. The maximum absolute atomic E-state index is 12.4. The zero-order valence-corrected chi connectivity index (χ0v) is 19.4. The summed E-state index contributed by atoms with van der Waals surface area (Å²) in [6.07, 6.45) is 6.57. The molecule has 1 aromatic rings. The van der Waals surface area contributed by atoms with Crippen molar-refractivity contribution in [2.45, 2.75) is 49.0 Å². The van der Waals surface area contributed by atoms with Gasteiger partial charge in [-0.2, -0.15) is 4.72 Å². The number of aliphatic carboxylic acids is 1. The zero-order valence-electron chi connectivity index (χ0n) is 18.6. The number of unbranched alkanes of at least 4 members (excludes halogenated alkanes) is 1. The number of carboxylic acids is 1. The lowest BCUT2D eigenvalue weighted by Gasteiger charge is -2.22. The number of carbonyl (C=O) groups excluding carboxylic acids is 1. The Morgan fingerprint density at radius 3 is 2.74 bits per heavy atom. The molecule has 3 unspecified atom stereocenters. The number of nitrogens with zero attached hydrogens (tertiary/aromatic N) is 1. The standard InChI is InChI=1S/C21H30N6O6S/c28-19(25-14-18(20(29)30)27-34(31,32)16-8-2-1-3-9-16)17-13-15(33-26-17)7-4-5-10-22-21-23-11-6-12-24-21/h1-3,6,8-9,11,15,18,21-24,27H,4-5,7,10,12-14H2,(H,25,28)(H,29,30). The summed E-state index contributed by atoms with van der Waals surface area (Å²) in [5.74, 6) is -2.00. The molecule has 34 heavy (non-hydrogen) atoms. The number of sulfonamides is 1. The van der Waals surface area contributed by atoms with Crippen LogP contribution in [0.25, 0.3) is 0 Å². The predicted octanol–water partition coefficient (Wildman–Crippen LogP) is -0.571. The van der Waals surface area contributed by atoms with E-state index in [1.807, 2.05) is 12.3 Å². The molecule has 12 nitrogen and oxygen atoms in total. The lowest BCUT2D eigenvalue weighted by molar-refractivity contribution is -0.138. The van der Waals surface area contributed by atoms with E-state index in [-0.39, 0.29) is 23.0 Å². The van der Waals surface area contributed by atoms with Crippen LogP contribution in [-0.2, 0) is 24.4 Å². The number of nitrogens with one attached hydrogen (secondary N) is 5. The van der Waals surface area contributed by atoms with Crippen molar-refractivity contribution in [1.82, 2.24) is 26.0 Å². The lowest BCUT2D eigenvalue weighted by Crippen LogP contribution is -2.53. The summed E-state index contributed by atoms with van der Waals surface area (Å²) in [5, 5.41) is 25.3. The number of rotatable bonds is 13. The molecule has 0 aliphatic carbocycles. The van der Waals surface area contributed by atoms with Crippen molar-refractivity contribution in [2.75, 3.05) is 19.6 Å². The van der Waals surface area contributed by atoms with E-state index in [4.69, 9.17) is 4.84 Å². The van der Waals surface area contributed by atoms with Crippen LogP contribution in [-0.4, -0.2) is 69.2 Å². The highest BCUT2D eigenvalue weighted by Gasteiger charge is 2.29. The maximum Gasteiger partial charge on any atom is 0.323 e. The van der Waals surface area contributed by atoms with Gasteiger partial charge >= 0.3 is 5.97 Å². The first-order valence-electron chi connectivity index (χ1n) is 11.0. The molecule has 2 aliphatic rings. The first-order valence-corrected chi connectivity index (χ1v) is 12.5. The average Bonchev–Trinajstić information content (AvgIpc) is 3.31.